The topological polar surface area (TPSA) is 59.1 Å². The van der Waals surface area contributed by atoms with Gasteiger partial charge in [-0.3, -0.25) is 9.59 Å². The van der Waals surface area contributed by atoms with Crippen molar-refractivity contribution in [3.8, 4) is 0 Å². The van der Waals surface area contributed by atoms with Crippen LogP contribution in [0.1, 0.15) is 50.9 Å². The first kappa shape index (κ1) is 14.4. The number of rotatable bonds is 4. The van der Waals surface area contributed by atoms with Gasteiger partial charge in [0.2, 0.25) is 5.91 Å². The number of carbonyl (C=O) groups is 2. The van der Waals surface area contributed by atoms with Crippen molar-refractivity contribution in [2.24, 2.45) is 5.41 Å². The van der Waals surface area contributed by atoms with Crippen molar-refractivity contribution >= 4 is 17.5 Å². The molecule has 1 aromatic heterocycles. The molecule has 98 valence electrons. The van der Waals surface area contributed by atoms with E-state index in [0.29, 0.717) is 17.8 Å². The first-order chi connectivity index (χ1) is 8.34. The van der Waals surface area contributed by atoms with Crippen molar-refractivity contribution in [3.05, 3.63) is 23.9 Å². The molecular formula is C14H20N2O2. The van der Waals surface area contributed by atoms with Gasteiger partial charge in [-0.25, -0.2) is 4.98 Å². The van der Waals surface area contributed by atoms with Gasteiger partial charge in [-0.1, -0.05) is 27.7 Å². The quantitative estimate of drug-likeness (QED) is 0.833. The zero-order valence-electron chi connectivity index (χ0n) is 11.4. The second kappa shape index (κ2) is 5.76. The molecule has 0 aliphatic heterocycles. The summed E-state index contributed by atoms with van der Waals surface area (Å²) in [5.41, 5.74) is 0.129. The summed E-state index contributed by atoms with van der Waals surface area (Å²) in [5, 5.41) is 2.72. The van der Waals surface area contributed by atoms with Crippen LogP contribution in [-0.2, 0) is 4.79 Å². The lowest BCUT2D eigenvalue weighted by Crippen LogP contribution is -2.28. The van der Waals surface area contributed by atoms with Gasteiger partial charge in [0, 0.05) is 23.6 Å². The van der Waals surface area contributed by atoms with Gasteiger partial charge in [0.25, 0.3) is 0 Å². The summed E-state index contributed by atoms with van der Waals surface area (Å²) in [6.45, 7) is 7.47. The molecule has 0 saturated carbocycles. The molecule has 0 aliphatic carbocycles. The number of anilines is 1. The van der Waals surface area contributed by atoms with Crippen LogP contribution in [0.25, 0.3) is 0 Å². The Morgan fingerprint density at radius 1 is 1.28 bits per heavy atom. The third-order valence-corrected chi connectivity index (χ3v) is 2.49. The van der Waals surface area contributed by atoms with Gasteiger partial charge in [0.05, 0.1) is 0 Å². The number of ketones is 1. The fraction of sp³-hybridized carbons (Fsp3) is 0.500. The fourth-order valence-electron chi connectivity index (χ4n) is 1.31. The maximum Gasteiger partial charge on any atom is 0.230 e. The summed E-state index contributed by atoms with van der Waals surface area (Å²) in [4.78, 5) is 27.4. The second-order valence-corrected chi connectivity index (χ2v) is 5.31. The molecule has 0 atom stereocenters. The number of hydrogen-bond donors (Lipinski definition) is 1. The van der Waals surface area contributed by atoms with E-state index in [1.165, 1.54) is 6.20 Å². The summed E-state index contributed by atoms with van der Waals surface area (Å²) >= 11 is 0. The van der Waals surface area contributed by atoms with Crippen molar-refractivity contribution in [3.63, 3.8) is 0 Å². The molecule has 0 saturated heterocycles. The number of hydrogen-bond acceptors (Lipinski definition) is 3. The first-order valence-corrected chi connectivity index (χ1v) is 6.15. The van der Waals surface area contributed by atoms with Gasteiger partial charge >= 0.3 is 0 Å². The predicted molar refractivity (Wildman–Crippen MR) is 71.6 cm³/mol. The lowest BCUT2D eigenvalue weighted by molar-refractivity contribution is -0.123. The Balaban J connectivity index is 2.72. The summed E-state index contributed by atoms with van der Waals surface area (Å²) in [7, 11) is 0. The number of pyridine rings is 1. The Morgan fingerprint density at radius 3 is 2.39 bits per heavy atom. The molecule has 4 heteroatoms. The average molecular weight is 248 g/mol. The van der Waals surface area contributed by atoms with Crippen LogP contribution < -0.4 is 5.32 Å². The minimum absolute atomic E-state index is 0.0821. The van der Waals surface area contributed by atoms with Crippen LogP contribution in [0.5, 0.6) is 0 Å². The number of carbonyl (C=O) groups excluding carboxylic acids is 2. The lowest BCUT2D eigenvalue weighted by atomic mass is 9.96. The van der Waals surface area contributed by atoms with Gasteiger partial charge in [0.1, 0.15) is 5.82 Å². The number of nitrogens with zero attached hydrogens (tertiary/aromatic N) is 1. The van der Waals surface area contributed by atoms with Gasteiger partial charge < -0.3 is 5.32 Å². The molecule has 0 aromatic carbocycles. The first-order valence-electron chi connectivity index (χ1n) is 6.15. The number of amides is 1. The van der Waals surface area contributed by atoms with Crippen LogP contribution >= 0.6 is 0 Å². The summed E-state index contributed by atoms with van der Waals surface area (Å²) < 4.78 is 0. The molecule has 0 bridgehead atoms. The largest absolute Gasteiger partial charge is 0.310 e. The highest BCUT2D eigenvalue weighted by molar-refractivity contribution is 5.97. The monoisotopic (exact) mass is 248 g/mol. The van der Waals surface area contributed by atoms with E-state index in [1.54, 1.807) is 12.1 Å². The van der Waals surface area contributed by atoms with E-state index in [2.05, 4.69) is 10.3 Å². The Labute approximate surface area is 108 Å². The molecule has 0 unspecified atom stereocenters. The van der Waals surface area contributed by atoms with Gasteiger partial charge in [0.15, 0.2) is 5.78 Å². The fourth-order valence-corrected chi connectivity index (χ4v) is 1.31. The summed E-state index contributed by atoms with van der Waals surface area (Å²) in [5.74, 6) is 0.462. The van der Waals surface area contributed by atoms with Crippen molar-refractivity contribution in [2.75, 3.05) is 5.32 Å². The Hall–Kier alpha value is -1.71. The highest BCUT2D eigenvalue weighted by Gasteiger charge is 2.21. The summed E-state index contributed by atoms with van der Waals surface area (Å²) in [6.07, 6.45) is 2.85. The maximum atomic E-state index is 11.7. The van der Waals surface area contributed by atoms with Gasteiger partial charge in [-0.05, 0) is 18.6 Å². The summed E-state index contributed by atoms with van der Waals surface area (Å²) in [6, 6.07) is 3.36. The standard InChI is InChI=1S/C14H20N2O2/c1-5-6-11(17)10-7-8-12(15-9-10)16-13(18)14(2,3)4/h7-9H,5-6H2,1-4H3,(H,15,16,18). The third kappa shape index (κ3) is 3.95. The third-order valence-electron chi connectivity index (χ3n) is 2.49. The molecule has 0 radical (unpaired) electrons. The van der Waals surface area contributed by atoms with Crippen LogP contribution in [-0.4, -0.2) is 16.7 Å². The van der Waals surface area contributed by atoms with E-state index < -0.39 is 5.41 Å². The molecule has 1 aromatic rings. The smallest absolute Gasteiger partial charge is 0.230 e. The van der Waals surface area contributed by atoms with Crippen molar-refractivity contribution < 1.29 is 9.59 Å². The van der Waals surface area contributed by atoms with Crippen LogP contribution in [0.2, 0.25) is 0 Å². The van der Waals surface area contributed by atoms with E-state index in [4.69, 9.17) is 0 Å². The highest BCUT2D eigenvalue weighted by Crippen LogP contribution is 2.16. The van der Waals surface area contributed by atoms with Crippen molar-refractivity contribution in [1.82, 2.24) is 4.98 Å². The SMILES string of the molecule is CCCC(=O)c1ccc(NC(=O)C(C)(C)C)nc1. The van der Waals surface area contributed by atoms with Crippen LogP contribution in [0.3, 0.4) is 0 Å². The van der Waals surface area contributed by atoms with Crippen molar-refractivity contribution in [1.29, 1.82) is 0 Å². The lowest BCUT2D eigenvalue weighted by Gasteiger charge is -2.17. The minimum atomic E-state index is -0.460. The molecular weight excluding hydrogens is 228 g/mol. The van der Waals surface area contributed by atoms with E-state index >= 15 is 0 Å². The van der Waals surface area contributed by atoms with Gasteiger partial charge in [-0.15, -0.1) is 0 Å². The number of aromatic nitrogens is 1. The van der Waals surface area contributed by atoms with E-state index in [1.807, 2.05) is 27.7 Å². The zero-order valence-corrected chi connectivity index (χ0v) is 11.4. The molecule has 18 heavy (non-hydrogen) atoms. The van der Waals surface area contributed by atoms with Crippen LogP contribution in [0, 0.1) is 5.41 Å². The molecule has 1 heterocycles. The molecule has 1 amide bonds. The number of nitrogens with one attached hydrogen (secondary N) is 1. The molecule has 0 spiro atoms. The van der Waals surface area contributed by atoms with E-state index in [9.17, 15) is 9.59 Å². The molecule has 1 N–H and O–H groups in total. The minimum Gasteiger partial charge on any atom is -0.310 e. The number of Topliss-reactive ketones (excluding diaryl/α,β-unsaturated/α-hetero) is 1. The Bertz CT molecular complexity index is 430. The molecule has 0 fully saturated rings. The van der Waals surface area contributed by atoms with Crippen molar-refractivity contribution in [2.45, 2.75) is 40.5 Å². The maximum absolute atomic E-state index is 11.7. The molecule has 1 rings (SSSR count). The van der Waals surface area contributed by atoms with E-state index in [0.717, 1.165) is 6.42 Å². The van der Waals surface area contributed by atoms with Crippen LogP contribution in [0.4, 0.5) is 5.82 Å². The highest BCUT2D eigenvalue weighted by atomic mass is 16.2. The predicted octanol–water partition coefficient (Wildman–Crippen LogP) is 3.05. The Morgan fingerprint density at radius 2 is 1.94 bits per heavy atom. The Kier molecular flexibility index (Phi) is 4.59. The zero-order chi connectivity index (χ0) is 13.8. The molecule has 4 nitrogen and oxygen atoms in total. The second-order valence-electron chi connectivity index (χ2n) is 5.31. The van der Waals surface area contributed by atoms with Crippen LogP contribution in [0.15, 0.2) is 18.3 Å². The average Bonchev–Trinajstić information content (AvgIpc) is 2.29. The molecule has 0 aliphatic rings. The van der Waals surface area contributed by atoms with Gasteiger partial charge in [-0.2, -0.15) is 0 Å². The van der Waals surface area contributed by atoms with E-state index in [-0.39, 0.29) is 11.7 Å². The normalized spacial score (nSPS) is 11.1.